The minimum atomic E-state index is -4.83. The highest BCUT2D eigenvalue weighted by atomic mass is 127. The van der Waals surface area contributed by atoms with Crippen molar-refractivity contribution in [3.63, 3.8) is 0 Å². The summed E-state index contributed by atoms with van der Waals surface area (Å²) in [4.78, 5) is 0. The monoisotopic (exact) mass is 513 g/mol. The first-order valence-electron chi connectivity index (χ1n) is 11.0. The first-order chi connectivity index (χ1) is 13.2. The fourth-order valence-corrected chi connectivity index (χ4v) is 3.92. The van der Waals surface area contributed by atoms with Gasteiger partial charge in [-0.3, -0.25) is 0 Å². The lowest BCUT2D eigenvalue weighted by Crippen LogP contribution is -2.50. The highest BCUT2D eigenvalue weighted by Crippen LogP contribution is 2.16. The molecular weight excluding hydrogens is 473 g/mol. The number of quaternary nitrogens is 1. The molecule has 0 aromatic heterocycles. The van der Waals surface area contributed by atoms with Gasteiger partial charge in [0.1, 0.15) is 0 Å². The number of rotatable bonds is 13. The van der Waals surface area contributed by atoms with Gasteiger partial charge in [-0.2, -0.15) is 0 Å². The summed E-state index contributed by atoms with van der Waals surface area (Å²) in [6.07, 6.45) is 11.1. The van der Waals surface area contributed by atoms with E-state index in [-0.39, 0.29) is 0 Å². The molecule has 0 aliphatic carbocycles. The quantitative estimate of drug-likeness (QED) is 0.147. The zero-order valence-electron chi connectivity index (χ0n) is 18.3. The van der Waals surface area contributed by atoms with Crippen molar-refractivity contribution < 1.29 is 17.4 Å². The molecule has 1 rings (SSSR count). The van der Waals surface area contributed by atoms with Crippen molar-refractivity contribution >= 4 is 35.0 Å². The summed E-state index contributed by atoms with van der Waals surface area (Å²) < 4.78 is 38.1. The Morgan fingerprint density at radius 2 is 1.14 bits per heavy atom. The topological polar surface area (TPSA) is 0 Å². The van der Waals surface area contributed by atoms with Crippen LogP contribution in [-0.4, -0.2) is 37.6 Å². The molecule has 0 unspecified atom stereocenters. The molecular formula is C22H40BF3IN. The zero-order chi connectivity index (χ0) is 21.5. The zero-order valence-corrected chi connectivity index (χ0v) is 20.5. The highest BCUT2D eigenvalue weighted by molar-refractivity contribution is 14.1. The molecule has 0 radical (unpaired) electrons. The van der Waals surface area contributed by atoms with Gasteiger partial charge in [0.05, 0.1) is 26.2 Å². The van der Waals surface area contributed by atoms with E-state index in [1.807, 2.05) is 22.6 Å². The van der Waals surface area contributed by atoms with Crippen molar-refractivity contribution in [2.45, 2.75) is 79.1 Å². The van der Waals surface area contributed by atoms with Crippen molar-refractivity contribution in [2.75, 3.05) is 26.2 Å². The summed E-state index contributed by atoms with van der Waals surface area (Å²) in [6, 6.07) is 5.26. The summed E-state index contributed by atoms with van der Waals surface area (Å²) in [5.74, 6) is 0. The Hall–Kier alpha value is -0.235. The van der Waals surface area contributed by atoms with Gasteiger partial charge in [-0.05, 0) is 54.3 Å². The number of hydrogen-bond donors (Lipinski definition) is 0. The average Bonchev–Trinajstić information content (AvgIpc) is 2.67. The van der Waals surface area contributed by atoms with Gasteiger partial charge < -0.3 is 17.4 Å². The number of benzene rings is 1. The Labute approximate surface area is 185 Å². The van der Waals surface area contributed by atoms with Crippen molar-refractivity contribution in [3.05, 3.63) is 27.8 Å². The molecule has 0 heterocycles. The van der Waals surface area contributed by atoms with Gasteiger partial charge in [0.2, 0.25) is 0 Å². The Morgan fingerprint density at radius 1 is 0.750 bits per heavy atom. The SMILES string of the molecule is CCCC[N+](CCCC)(CCCC)CCCC.F[B-](F)(F)c1cccc(I)c1. The molecule has 1 nitrogen and oxygen atoms in total. The summed E-state index contributed by atoms with van der Waals surface area (Å²) in [6.45, 7) is 10.2. The molecule has 0 fully saturated rings. The first-order valence-corrected chi connectivity index (χ1v) is 12.1. The van der Waals surface area contributed by atoms with Crippen LogP contribution in [0.25, 0.3) is 0 Å². The van der Waals surface area contributed by atoms with Crippen LogP contribution in [0.15, 0.2) is 24.3 Å². The molecule has 0 aliphatic rings. The molecule has 28 heavy (non-hydrogen) atoms. The third kappa shape index (κ3) is 12.4. The molecule has 1 aromatic rings. The van der Waals surface area contributed by atoms with E-state index >= 15 is 0 Å². The lowest BCUT2D eigenvalue weighted by molar-refractivity contribution is -0.929. The molecule has 6 heteroatoms. The maximum atomic E-state index is 12.0. The molecule has 0 atom stereocenters. The second kappa shape index (κ2) is 15.6. The van der Waals surface area contributed by atoms with Crippen LogP contribution < -0.4 is 5.46 Å². The molecule has 164 valence electrons. The lowest BCUT2D eigenvalue weighted by Gasteiger charge is -2.39. The molecule has 0 spiro atoms. The maximum Gasteiger partial charge on any atom is 0.509 e. The summed E-state index contributed by atoms with van der Waals surface area (Å²) in [7, 11) is 0. The number of hydrogen-bond acceptors (Lipinski definition) is 0. The standard InChI is InChI=1S/C16H36N.C6H4BF3I/c1-5-9-13-17(14-10-6-2,15-11-7-3)16-12-8-4;8-7(9,10)5-2-1-3-6(11)4-5/h5-16H2,1-4H3;1-4H/q+1;-1. The van der Waals surface area contributed by atoms with E-state index in [0.29, 0.717) is 3.57 Å². The average molecular weight is 513 g/mol. The van der Waals surface area contributed by atoms with Crippen LogP contribution in [0, 0.1) is 3.57 Å². The number of halogens is 4. The predicted octanol–water partition coefficient (Wildman–Crippen LogP) is 7.35. The van der Waals surface area contributed by atoms with Crippen molar-refractivity contribution in [3.8, 4) is 0 Å². The fourth-order valence-electron chi connectivity index (χ4n) is 3.36. The molecule has 0 amide bonds. The Balaban J connectivity index is 0.000000567. The van der Waals surface area contributed by atoms with Crippen LogP contribution in [0.3, 0.4) is 0 Å². The van der Waals surface area contributed by atoms with Crippen molar-refractivity contribution in [1.29, 1.82) is 0 Å². The van der Waals surface area contributed by atoms with Gasteiger partial charge in [0.25, 0.3) is 0 Å². The second-order valence-corrected chi connectivity index (χ2v) is 9.03. The third-order valence-corrected chi connectivity index (χ3v) is 5.84. The Morgan fingerprint density at radius 3 is 1.39 bits per heavy atom. The van der Waals surface area contributed by atoms with E-state index < -0.39 is 12.4 Å². The number of nitrogens with zero attached hydrogens (tertiary/aromatic N) is 1. The molecule has 0 saturated heterocycles. The lowest BCUT2D eigenvalue weighted by atomic mass is 9.80. The largest absolute Gasteiger partial charge is 0.509 e. The minimum Gasteiger partial charge on any atom is -0.445 e. The van der Waals surface area contributed by atoms with Gasteiger partial charge in [-0.1, -0.05) is 71.6 Å². The first kappa shape index (κ1) is 27.8. The van der Waals surface area contributed by atoms with Crippen molar-refractivity contribution in [2.24, 2.45) is 0 Å². The van der Waals surface area contributed by atoms with Gasteiger partial charge in [0, 0.05) is 3.57 Å². The maximum absolute atomic E-state index is 12.0. The predicted molar refractivity (Wildman–Crippen MR) is 127 cm³/mol. The summed E-state index contributed by atoms with van der Waals surface area (Å²) in [5.41, 5.74) is -0.531. The molecule has 0 bridgehead atoms. The van der Waals surface area contributed by atoms with E-state index in [2.05, 4.69) is 27.7 Å². The van der Waals surface area contributed by atoms with Crippen LogP contribution in [0.5, 0.6) is 0 Å². The van der Waals surface area contributed by atoms with E-state index in [1.54, 1.807) is 6.07 Å². The smallest absolute Gasteiger partial charge is 0.445 e. The molecule has 1 aromatic carbocycles. The highest BCUT2D eigenvalue weighted by Gasteiger charge is 2.25. The molecule has 0 saturated carbocycles. The Bertz CT molecular complexity index is 471. The van der Waals surface area contributed by atoms with Crippen LogP contribution in [0.4, 0.5) is 12.9 Å². The van der Waals surface area contributed by atoms with E-state index in [0.717, 1.165) is 12.1 Å². The van der Waals surface area contributed by atoms with Gasteiger partial charge in [-0.15, -0.1) is 5.46 Å². The second-order valence-electron chi connectivity index (χ2n) is 7.78. The fraction of sp³-hybridized carbons (Fsp3) is 0.727. The van der Waals surface area contributed by atoms with Crippen LogP contribution in [0.2, 0.25) is 0 Å². The number of unbranched alkanes of at least 4 members (excludes halogenated alkanes) is 4. The normalized spacial score (nSPS) is 11.9. The molecule has 0 N–H and O–H groups in total. The summed E-state index contributed by atoms with van der Waals surface area (Å²) >= 11 is 1.86. The van der Waals surface area contributed by atoms with Crippen LogP contribution in [-0.2, 0) is 0 Å². The van der Waals surface area contributed by atoms with E-state index in [9.17, 15) is 12.9 Å². The van der Waals surface area contributed by atoms with Crippen molar-refractivity contribution in [1.82, 2.24) is 0 Å². The van der Waals surface area contributed by atoms with E-state index in [4.69, 9.17) is 0 Å². The molecule has 0 aliphatic heterocycles. The minimum absolute atomic E-state index is 0.531. The van der Waals surface area contributed by atoms with E-state index in [1.165, 1.54) is 88.1 Å². The van der Waals surface area contributed by atoms with Gasteiger partial charge >= 0.3 is 6.98 Å². The van der Waals surface area contributed by atoms with Gasteiger partial charge in [0.15, 0.2) is 0 Å². The summed E-state index contributed by atoms with van der Waals surface area (Å²) in [5, 5.41) is 0. The van der Waals surface area contributed by atoms with Crippen LogP contribution in [0.1, 0.15) is 79.1 Å². The third-order valence-electron chi connectivity index (χ3n) is 5.17. The van der Waals surface area contributed by atoms with Gasteiger partial charge in [-0.25, -0.2) is 0 Å². The Kier molecular flexibility index (Phi) is 15.5. The van der Waals surface area contributed by atoms with Crippen LogP contribution >= 0.6 is 22.6 Å².